The second-order valence-corrected chi connectivity index (χ2v) is 8.29. The van der Waals surface area contributed by atoms with E-state index in [1.807, 2.05) is 30.3 Å². The van der Waals surface area contributed by atoms with Crippen LogP contribution in [0.2, 0.25) is 10.0 Å². The van der Waals surface area contributed by atoms with Gasteiger partial charge >= 0.3 is 0 Å². The van der Waals surface area contributed by atoms with Gasteiger partial charge in [-0.05, 0) is 48.4 Å². The molecule has 0 unspecified atom stereocenters. The number of ether oxygens (including phenoxy) is 1. The fourth-order valence-corrected chi connectivity index (χ4v) is 4.17. The van der Waals surface area contributed by atoms with Gasteiger partial charge in [-0.1, -0.05) is 60.0 Å². The SMILES string of the molecule is CCCCOc1ccc(C=c2sc3nc(-c4ccc(Cl)cc4Cl)nn3c2=O)cc1. The summed E-state index contributed by atoms with van der Waals surface area (Å²) < 4.78 is 7.53. The van der Waals surface area contributed by atoms with E-state index >= 15 is 0 Å². The Kier molecular flexibility index (Phi) is 5.85. The average molecular weight is 446 g/mol. The van der Waals surface area contributed by atoms with Crippen molar-refractivity contribution in [1.82, 2.24) is 14.6 Å². The summed E-state index contributed by atoms with van der Waals surface area (Å²) in [4.78, 5) is 17.7. The van der Waals surface area contributed by atoms with Crippen LogP contribution >= 0.6 is 34.5 Å². The molecule has 0 bridgehead atoms. The van der Waals surface area contributed by atoms with Crippen molar-refractivity contribution in [3.63, 3.8) is 0 Å². The predicted molar refractivity (Wildman–Crippen MR) is 118 cm³/mol. The Morgan fingerprint density at radius 2 is 1.97 bits per heavy atom. The molecule has 8 heteroatoms. The zero-order valence-corrected chi connectivity index (χ0v) is 17.9. The van der Waals surface area contributed by atoms with Crippen molar-refractivity contribution >= 4 is 45.6 Å². The summed E-state index contributed by atoms with van der Waals surface area (Å²) in [6.45, 7) is 2.83. The number of rotatable bonds is 6. The Morgan fingerprint density at radius 1 is 1.17 bits per heavy atom. The van der Waals surface area contributed by atoms with Crippen molar-refractivity contribution in [3.8, 4) is 17.1 Å². The zero-order chi connectivity index (χ0) is 20.4. The molecule has 4 rings (SSSR count). The van der Waals surface area contributed by atoms with Crippen LogP contribution in [0.5, 0.6) is 5.75 Å². The normalized spacial score (nSPS) is 12.0. The first kappa shape index (κ1) is 19.9. The summed E-state index contributed by atoms with van der Waals surface area (Å²) in [6.07, 6.45) is 3.95. The van der Waals surface area contributed by atoms with Gasteiger partial charge in [-0.3, -0.25) is 4.79 Å². The number of nitrogens with zero attached hydrogens (tertiary/aromatic N) is 3. The van der Waals surface area contributed by atoms with Gasteiger partial charge in [0.2, 0.25) is 4.96 Å². The van der Waals surface area contributed by atoms with E-state index in [0.29, 0.717) is 37.5 Å². The van der Waals surface area contributed by atoms with Crippen LogP contribution in [-0.4, -0.2) is 21.2 Å². The summed E-state index contributed by atoms with van der Waals surface area (Å²) in [5.41, 5.74) is 1.34. The van der Waals surface area contributed by atoms with Gasteiger partial charge in [0.15, 0.2) is 5.82 Å². The number of benzene rings is 2. The second kappa shape index (κ2) is 8.53. The average Bonchev–Trinajstić information content (AvgIpc) is 3.23. The quantitative estimate of drug-likeness (QED) is 0.398. The van der Waals surface area contributed by atoms with Gasteiger partial charge in [0.1, 0.15) is 5.75 Å². The smallest absolute Gasteiger partial charge is 0.291 e. The maximum Gasteiger partial charge on any atom is 0.291 e. The molecule has 0 aliphatic heterocycles. The number of hydrogen-bond acceptors (Lipinski definition) is 5. The van der Waals surface area contributed by atoms with Gasteiger partial charge in [-0.25, -0.2) is 0 Å². The van der Waals surface area contributed by atoms with E-state index in [4.69, 9.17) is 27.9 Å². The van der Waals surface area contributed by atoms with Crippen molar-refractivity contribution < 1.29 is 4.74 Å². The van der Waals surface area contributed by atoms with Crippen LogP contribution in [0.25, 0.3) is 22.4 Å². The van der Waals surface area contributed by atoms with Gasteiger partial charge in [0, 0.05) is 10.6 Å². The van der Waals surface area contributed by atoms with Crippen LogP contribution in [0.1, 0.15) is 25.3 Å². The number of halogens is 2. The molecule has 0 atom stereocenters. The summed E-state index contributed by atoms with van der Waals surface area (Å²) >= 11 is 13.4. The van der Waals surface area contributed by atoms with E-state index in [-0.39, 0.29) is 5.56 Å². The minimum Gasteiger partial charge on any atom is -0.494 e. The highest BCUT2D eigenvalue weighted by atomic mass is 35.5. The fraction of sp³-hybridized carbons (Fsp3) is 0.190. The number of hydrogen-bond donors (Lipinski definition) is 0. The van der Waals surface area contributed by atoms with E-state index < -0.39 is 0 Å². The molecule has 0 aliphatic carbocycles. The summed E-state index contributed by atoms with van der Waals surface area (Å²) in [7, 11) is 0. The molecule has 5 nitrogen and oxygen atoms in total. The highest BCUT2D eigenvalue weighted by Gasteiger charge is 2.14. The second-order valence-electron chi connectivity index (χ2n) is 6.44. The molecule has 0 fully saturated rings. The van der Waals surface area contributed by atoms with Crippen molar-refractivity contribution in [2.75, 3.05) is 6.61 Å². The number of fused-ring (bicyclic) bond motifs is 1. The third kappa shape index (κ3) is 4.29. The van der Waals surface area contributed by atoms with E-state index in [1.165, 1.54) is 15.9 Å². The molecule has 2 aromatic carbocycles. The van der Waals surface area contributed by atoms with E-state index in [9.17, 15) is 4.79 Å². The van der Waals surface area contributed by atoms with Gasteiger partial charge in [-0.2, -0.15) is 9.50 Å². The van der Waals surface area contributed by atoms with Gasteiger partial charge in [0.25, 0.3) is 5.56 Å². The standard InChI is InChI=1S/C21H17Cl2N3O2S/c1-2-3-10-28-15-7-4-13(5-8-15)11-18-20(27)26-21(29-18)24-19(25-26)16-9-6-14(22)12-17(16)23/h4-9,11-12H,2-3,10H2,1H3. The highest BCUT2D eigenvalue weighted by Crippen LogP contribution is 2.28. The minimum atomic E-state index is -0.211. The third-order valence-electron chi connectivity index (χ3n) is 4.30. The summed E-state index contributed by atoms with van der Waals surface area (Å²) in [6, 6.07) is 12.7. The molecule has 0 saturated carbocycles. The zero-order valence-electron chi connectivity index (χ0n) is 15.6. The van der Waals surface area contributed by atoms with E-state index in [2.05, 4.69) is 17.0 Å². The maximum atomic E-state index is 12.7. The van der Waals surface area contributed by atoms with E-state index in [0.717, 1.165) is 24.2 Å². The molecule has 0 N–H and O–H groups in total. The van der Waals surface area contributed by atoms with Gasteiger partial charge in [0.05, 0.1) is 16.2 Å². The van der Waals surface area contributed by atoms with Crippen LogP contribution in [0.15, 0.2) is 47.3 Å². The highest BCUT2D eigenvalue weighted by molar-refractivity contribution is 7.15. The van der Waals surface area contributed by atoms with Crippen LogP contribution in [0.3, 0.4) is 0 Å². The first-order valence-corrected chi connectivity index (χ1v) is 10.7. The molecule has 4 aromatic rings. The number of unbranched alkanes of at least 4 members (excludes halogenated alkanes) is 1. The predicted octanol–water partition coefficient (Wildman–Crippen LogP) is 4.85. The molecule has 29 heavy (non-hydrogen) atoms. The van der Waals surface area contributed by atoms with Crippen LogP contribution in [-0.2, 0) is 0 Å². The molecule has 0 aliphatic rings. The first-order valence-electron chi connectivity index (χ1n) is 9.15. The lowest BCUT2D eigenvalue weighted by molar-refractivity contribution is 0.309. The lowest BCUT2D eigenvalue weighted by Crippen LogP contribution is -2.23. The third-order valence-corrected chi connectivity index (χ3v) is 5.81. The van der Waals surface area contributed by atoms with Crippen molar-refractivity contribution in [3.05, 3.63) is 73.0 Å². The monoisotopic (exact) mass is 445 g/mol. The molecule has 148 valence electrons. The first-order chi connectivity index (χ1) is 14.0. The number of thiazole rings is 1. The Bertz CT molecular complexity index is 1270. The topological polar surface area (TPSA) is 56.5 Å². The molecule has 2 heterocycles. The Balaban J connectivity index is 1.63. The van der Waals surface area contributed by atoms with Crippen molar-refractivity contribution in [1.29, 1.82) is 0 Å². The van der Waals surface area contributed by atoms with Crippen molar-refractivity contribution in [2.45, 2.75) is 19.8 Å². The Labute approximate surface area is 181 Å². The van der Waals surface area contributed by atoms with Gasteiger partial charge in [-0.15, -0.1) is 5.10 Å². The number of aromatic nitrogens is 3. The Hall–Kier alpha value is -2.41. The van der Waals surface area contributed by atoms with Gasteiger partial charge < -0.3 is 4.74 Å². The lowest BCUT2D eigenvalue weighted by Gasteiger charge is -2.04. The van der Waals surface area contributed by atoms with E-state index in [1.54, 1.807) is 18.2 Å². The summed E-state index contributed by atoms with van der Waals surface area (Å²) in [5.74, 6) is 1.22. The van der Waals surface area contributed by atoms with Crippen LogP contribution in [0.4, 0.5) is 0 Å². The molecule has 2 aromatic heterocycles. The molecule has 0 spiro atoms. The molecule has 0 amide bonds. The maximum absolute atomic E-state index is 12.7. The van der Waals surface area contributed by atoms with Crippen molar-refractivity contribution in [2.24, 2.45) is 0 Å². The largest absolute Gasteiger partial charge is 0.494 e. The molecular formula is C21H17Cl2N3O2S. The Morgan fingerprint density at radius 3 is 2.66 bits per heavy atom. The molecular weight excluding hydrogens is 429 g/mol. The molecule has 0 saturated heterocycles. The molecule has 0 radical (unpaired) electrons. The lowest BCUT2D eigenvalue weighted by atomic mass is 10.2. The summed E-state index contributed by atoms with van der Waals surface area (Å²) in [5, 5.41) is 5.30. The van der Waals surface area contributed by atoms with Crippen LogP contribution in [0, 0.1) is 0 Å². The van der Waals surface area contributed by atoms with Crippen LogP contribution < -0.4 is 14.8 Å². The minimum absolute atomic E-state index is 0.211. The fourth-order valence-electron chi connectivity index (χ4n) is 2.76.